The molecule has 2 aromatic rings. The van der Waals surface area contributed by atoms with Crippen molar-refractivity contribution in [1.29, 1.82) is 0 Å². The largest absolute Gasteiger partial charge is 0.370 e. The molecule has 1 N–H and O–H groups in total. The summed E-state index contributed by atoms with van der Waals surface area (Å²) >= 11 is 0. The van der Waals surface area contributed by atoms with Gasteiger partial charge in [-0.05, 0) is 31.5 Å². The summed E-state index contributed by atoms with van der Waals surface area (Å²) in [6, 6.07) is 5.88. The monoisotopic (exact) mass is 387 g/mol. The molecule has 2 rings (SSSR count). The Labute approximate surface area is 154 Å². The molecule has 0 aliphatic rings. The highest BCUT2D eigenvalue weighted by atomic mass is 19.3. The lowest BCUT2D eigenvalue weighted by molar-refractivity contribution is -0.168. The maximum atomic E-state index is 12.8. The number of halogens is 4. The highest BCUT2D eigenvalue weighted by Crippen LogP contribution is 2.23. The summed E-state index contributed by atoms with van der Waals surface area (Å²) in [5, 5.41) is 6.97. The predicted octanol–water partition coefficient (Wildman–Crippen LogP) is 3.64. The van der Waals surface area contributed by atoms with E-state index in [-0.39, 0.29) is 18.6 Å². The lowest BCUT2D eigenvalue weighted by Gasteiger charge is -2.16. The first-order valence-corrected chi connectivity index (χ1v) is 8.24. The van der Waals surface area contributed by atoms with Crippen molar-refractivity contribution < 1.29 is 27.1 Å². The molecule has 0 saturated carbocycles. The molecule has 148 valence electrons. The van der Waals surface area contributed by atoms with Crippen molar-refractivity contribution in [2.75, 3.05) is 6.61 Å². The summed E-state index contributed by atoms with van der Waals surface area (Å²) in [6.07, 6.45) is -2.11. The van der Waals surface area contributed by atoms with Crippen LogP contribution >= 0.6 is 0 Å². The van der Waals surface area contributed by atoms with Crippen LogP contribution in [-0.2, 0) is 18.4 Å². The minimum absolute atomic E-state index is 0.282. The van der Waals surface area contributed by atoms with Crippen LogP contribution in [0.1, 0.15) is 40.1 Å². The standard InChI is InChI=1S/C18H21F4N3O2/c1-11(15-8-23-25(3)12(15)2)24-16(26)14-6-4-5-13(7-14)9-27-10-18(21,22)17(19)20/h4-8,11,17H,9-10H2,1-3H3,(H,24,26). The maximum Gasteiger partial charge on any atom is 0.330 e. The van der Waals surface area contributed by atoms with Gasteiger partial charge in [0.25, 0.3) is 5.91 Å². The predicted molar refractivity (Wildman–Crippen MR) is 90.9 cm³/mol. The first kappa shape index (κ1) is 20.9. The van der Waals surface area contributed by atoms with Gasteiger partial charge in [-0.2, -0.15) is 13.9 Å². The number of ether oxygens (including phenoxy) is 1. The number of carbonyl (C=O) groups is 1. The Morgan fingerprint density at radius 1 is 1.37 bits per heavy atom. The van der Waals surface area contributed by atoms with Crippen LogP contribution in [0.2, 0.25) is 0 Å². The van der Waals surface area contributed by atoms with Gasteiger partial charge >= 0.3 is 12.3 Å². The maximum absolute atomic E-state index is 12.8. The average molecular weight is 387 g/mol. The van der Waals surface area contributed by atoms with Gasteiger partial charge in [-0.1, -0.05) is 12.1 Å². The number of nitrogens with zero attached hydrogens (tertiary/aromatic N) is 2. The van der Waals surface area contributed by atoms with Crippen LogP contribution in [0.3, 0.4) is 0 Å². The Morgan fingerprint density at radius 2 is 2.07 bits per heavy atom. The molecule has 0 aliphatic carbocycles. The average Bonchev–Trinajstić information content (AvgIpc) is 2.94. The molecule has 0 fully saturated rings. The second-order valence-electron chi connectivity index (χ2n) is 6.26. The second-order valence-corrected chi connectivity index (χ2v) is 6.26. The molecule has 0 spiro atoms. The van der Waals surface area contributed by atoms with Crippen molar-refractivity contribution in [2.24, 2.45) is 7.05 Å². The third-order valence-electron chi connectivity index (χ3n) is 4.16. The summed E-state index contributed by atoms with van der Waals surface area (Å²) in [6.45, 7) is 2.01. The van der Waals surface area contributed by atoms with E-state index in [1.165, 1.54) is 6.07 Å². The van der Waals surface area contributed by atoms with Gasteiger partial charge in [-0.15, -0.1) is 0 Å². The number of benzene rings is 1. The first-order chi connectivity index (χ1) is 12.6. The number of hydrogen-bond donors (Lipinski definition) is 1. The van der Waals surface area contributed by atoms with Gasteiger partial charge in [0.05, 0.1) is 18.8 Å². The van der Waals surface area contributed by atoms with Crippen LogP contribution in [0.4, 0.5) is 17.6 Å². The van der Waals surface area contributed by atoms with Crippen molar-refractivity contribution in [2.45, 2.75) is 38.8 Å². The van der Waals surface area contributed by atoms with E-state index in [1.807, 2.05) is 13.8 Å². The van der Waals surface area contributed by atoms with Crippen molar-refractivity contribution in [3.05, 3.63) is 52.8 Å². The van der Waals surface area contributed by atoms with E-state index >= 15 is 0 Å². The molecule has 1 atom stereocenters. The number of nitrogens with one attached hydrogen (secondary N) is 1. The number of amides is 1. The van der Waals surface area contributed by atoms with Crippen LogP contribution < -0.4 is 5.32 Å². The zero-order valence-electron chi connectivity index (χ0n) is 15.2. The lowest BCUT2D eigenvalue weighted by Crippen LogP contribution is -2.32. The fraction of sp³-hybridized carbons (Fsp3) is 0.444. The number of hydrogen-bond acceptors (Lipinski definition) is 3. The molecule has 9 heteroatoms. The zero-order chi connectivity index (χ0) is 20.2. The zero-order valence-corrected chi connectivity index (χ0v) is 15.2. The second kappa shape index (κ2) is 8.51. The lowest BCUT2D eigenvalue weighted by atomic mass is 10.1. The molecule has 1 aromatic heterocycles. The summed E-state index contributed by atoms with van der Waals surface area (Å²) in [5.41, 5.74) is 2.53. The fourth-order valence-corrected chi connectivity index (χ4v) is 2.47. The van der Waals surface area contributed by atoms with Gasteiger partial charge in [0.15, 0.2) is 0 Å². The van der Waals surface area contributed by atoms with E-state index in [4.69, 9.17) is 0 Å². The minimum atomic E-state index is -4.20. The molecule has 0 saturated heterocycles. The molecule has 27 heavy (non-hydrogen) atoms. The van der Waals surface area contributed by atoms with E-state index in [0.29, 0.717) is 11.1 Å². The van der Waals surface area contributed by atoms with E-state index in [2.05, 4.69) is 15.2 Å². The van der Waals surface area contributed by atoms with Gasteiger partial charge in [-0.3, -0.25) is 9.48 Å². The van der Waals surface area contributed by atoms with E-state index in [1.54, 1.807) is 36.1 Å². The number of aryl methyl sites for hydroxylation is 1. The Balaban J connectivity index is 1.97. The molecular formula is C18H21F4N3O2. The summed E-state index contributed by atoms with van der Waals surface area (Å²) < 4.78 is 56.3. The minimum Gasteiger partial charge on any atom is -0.370 e. The Bertz CT molecular complexity index is 793. The summed E-state index contributed by atoms with van der Waals surface area (Å²) in [5.74, 6) is -4.56. The molecule has 5 nitrogen and oxygen atoms in total. The van der Waals surface area contributed by atoms with Crippen molar-refractivity contribution in [3.8, 4) is 0 Å². The van der Waals surface area contributed by atoms with Crippen LogP contribution in [0.25, 0.3) is 0 Å². The number of aromatic nitrogens is 2. The van der Waals surface area contributed by atoms with Crippen LogP contribution in [0, 0.1) is 6.92 Å². The summed E-state index contributed by atoms with van der Waals surface area (Å²) in [7, 11) is 1.80. The van der Waals surface area contributed by atoms with Gasteiger partial charge in [0.2, 0.25) is 0 Å². The molecule has 1 heterocycles. The van der Waals surface area contributed by atoms with Gasteiger partial charge in [0.1, 0.15) is 6.61 Å². The third-order valence-corrected chi connectivity index (χ3v) is 4.16. The van der Waals surface area contributed by atoms with Crippen LogP contribution in [0.15, 0.2) is 30.5 Å². The summed E-state index contributed by atoms with van der Waals surface area (Å²) in [4.78, 5) is 12.4. The normalized spacial score (nSPS) is 13.0. The Kier molecular flexibility index (Phi) is 6.59. The highest BCUT2D eigenvalue weighted by Gasteiger charge is 2.40. The van der Waals surface area contributed by atoms with Crippen molar-refractivity contribution >= 4 is 5.91 Å². The topological polar surface area (TPSA) is 56.1 Å². The molecule has 1 unspecified atom stereocenters. The van der Waals surface area contributed by atoms with E-state index in [9.17, 15) is 22.4 Å². The fourth-order valence-electron chi connectivity index (χ4n) is 2.47. The number of carbonyl (C=O) groups excluding carboxylic acids is 1. The molecule has 0 bridgehead atoms. The highest BCUT2D eigenvalue weighted by molar-refractivity contribution is 5.94. The van der Waals surface area contributed by atoms with Crippen molar-refractivity contribution in [3.63, 3.8) is 0 Å². The molecular weight excluding hydrogens is 366 g/mol. The van der Waals surface area contributed by atoms with Gasteiger partial charge < -0.3 is 10.1 Å². The number of alkyl halides is 4. The Hall–Kier alpha value is -2.42. The molecule has 0 radical (unpaired) electrons. The first-order valence-electron chi connectivity index (χ1n) is 8.24. The Morgan fingerprint density at radius 3 is 2.67 bits per heavy atom. The molecule has 1 amide bonds. The third kappa shape index (κ3) is 5.29. The molecule has 1 aromatic carbocycles. The van der Waals surface area contributed by atoms with Gasteiger partial charge in [0, 0.05) is 23.9 Å². The smallest absolute Gasteiger partial charge is 0.330 e. The van der Waals surface area contributed by atoms with E-state index in [0.717, 1.165) is 11.3 Å². The molecule has 0 aliphatic heterocycles. The van der Waals surface area contributed by atoms with Crippen molar-refractivity contribution in [1.82, 2.24) is 15.1 Å². The quantitative estimate of drug-likeness (QED) is 0.704. The van der Waals surface area contributed by atoms with Crippen LogP contribution in [-0.4, -0.2) is 34.6 Å². The van der Waals surface area contributed by atoms with Crippen LogP contribution in [0.5, 0.6) is 0 Å². The number of rotatable bonds is 8. The SMILES string of the molecule is Cc1c(C(C)NC(=O)c2cccc(COCC(F)(F)C(F)F)c2)cnn1C. The van der Waals surface area contributed by atoms with E-state index < -0.39 is 19.0 Å². The van der Waals surface area contributed by atoms with Gasteiger partial charge in [-0.25, -0.2) is 8.78 Å².